The molecule has 1 fully saturated rings. The first-order valence-corrected chi connectivity index (χ1v) is 5.80. The first kappa shape index (κ1) is 13.0. The van der Waals surface area contributed by atoms with Crippen molar-refractivity contribution in [2.45, 2.75) is 38.8 Å². The molecule has 1 rings (SSSR count). The van der Waals surface area contributed by atoms with Crippen LogP contribution in [0.5, 0.6) is 0 Å². The van der Waals surface area contributed by atoms with Crippen LogP contribution < -0.4 is 10.6 Å². The number of hydrogen-bond donors (Lipinski definition) is 2. The molecule has 2 amide bonds. The number of carbonyl (C=O) groups is 2. The number of amides is 2. The number of nitrogens with one attached hydrogen (secondary N) is 2. The number of nitrogens with zero attached hydrogens (tertiary/aromatic N) is 1. The fraction of sp³-hybridized carbons (Fsp3) is 0.818. The van der Waals surface area contributed by atoms with Crippen LogP contribution >= 0.6 is 0 Å². The lowest BCUT2D eigenvalue weighted by molar-refractivity contribution is -0.130. The molecule has 1 atom stereocenters. The maximum Gasteiger partial charge on any atom is 0.239 e. The van der Waals surface area contributed by atoms with Crippen LogP contribution in [0.2, 0.25) is 0 Å². The molecule has 0 bridgehead atoms. The Hall–Kier alpha value is -1.10. The second-order valence-electron chi connectivity index (χ2n) is 4.41. The summed E-state index contributed by atoms with van der Waals surface area (Å²) in [6.07, 6.45) is 1.22. The highest BCUT2D eigenvalue weighted by Gasteiger charge is 2.31. The van der Waals surface area contributed by atoms with E-state index in [0.717, 1.165) is 13.0 Å². The zero-order valence-corrected chi connectivity index (χ0v) is 10.2. The molecule has 0 aromatic rings. The van der Waals surface area contributed by atoms with Crippen molar-refractivity contribution in [2.75, 3.05) is 20.1 Å². The first-order valence-electron chi connectivity index (χ1n) is 5.80. The number of carbonyl (C=O) groups excluding carboxylic acids is 2. The van der Waals surface area contributed by atoms with Crippen molar-refractivity contribution in [3.8, 4) is 0 Å². The number of rotatable bonds is 5. The maximum absolute atomic E-state index is 11.9. The average molecular weight is 227 g/mol. The largest absolute Gasteiger partial charge is 0.359 e. The molecule has 1 saturated heterocycles. The molecule has 92 valence electrons. The highest BCUT2D eigenvalue weighted by Crippen LogP contribution is 2.12. The van der Waals surface area contributed by atoms with Gasteiger partial charge in [-0.05, 0) is 6.42 Å². The van der Waals surface area contributed by atoms with E-state index in [0.29, 0.717) is 19.0 Å². The van der Waals surface area contributed by atoms with E-state index in [1.54, 1.807) is 11.9 Å². The summed E-state index contributed by atoms with van der Waals surface area (Å²) in [5, 5.41) is 5.79. The fourth-order valence-corrected chi connectivity index (χ4v) is 1.88. The van der Waals surface area contributed by atoms with Gasteiger partial charge < -0.3 is 15.5 Å². The summed E-state index contributed by atoms with van der Waals surface area (Å²) >= 11 is 0. The molecule has 0 aromatic heterocycles. The molecule has 1 heterocycles. The number of hydrogen-bond acceptors (Lipinski definition) is 3. The zero-order valence-electron chi connectivity index (χ0n) is 10.2. The minimum atomic E-state index is -0.0651. The van der Waals surface area contributed by atoms with Gasteiger partial charge in [0.15, 0.2) is 0 Å². The van der Waals surface area contributed by atoms with Crippen molar-refractivity contribution < 1.29 is 9.59 Å². The molecule has 0 spiro atoms. The zero-order chi connectivity index (χ0) is 12.1. The minimum Gasteiger partial charge on any atom is -0.359 e. The Bertz CT molecular complexity index is 266. The van der Waals surface area contributed by atoms with Crippen LogP contribution in [0.4, 0.5) is 0 Å². The third-order valence-electron chi connectivity index (χ3n) is 2.72. The second kappa shape index (κ2) is 5.84. The molecule has 1 unspecified atom stereocenters. The van der Waals surface area contributed by atoms with Crippen LogP contribution in [0.1, 0.15) is 26.7 Å². The van der Waals surface area contributed by atoms with Crippen molar-refractivity contribution in [2.24, 2.45) is 0 Å². The molecule has 0 saturated carbocycles. The first-order chi connectivity index (χ1) is 7.54. The molecule has 0 radical (unpaired) electrons. The van der Waals surface area contributed by atoms with E-state index in [2.05, 4.69) is 10.6 Å². The normalized spacial score (nSPS) is 20.6. The Morgan fingerprint density at radius 1 is 1.56 bits per heavy atom. The highest BCUT2D eigenvalue weighted by molar-refractivity contribution is 5.84. The molecule has 1 aliphatic heterocycles. The van der Waals surface area contributed by atoms with E-state index in [4.69, 9.17) is 0 Å². The third kappa shape index (κ3) is 3.48. The van der Waals surface area contributed by atoms with Crippen LogP contribution in [-0.4, -0.2) is 48.9 Å². The highest BCUT2D eigenvalue weighted by atomic mass is 16.2. The summed E-state index contributed by atoms with van der Waals surface area (Å²) in [6, 6.07) is 0.248. The molecule has 0 aromatic carbocycles. The second-order valence-corrected chi connectivity index (χ2v) is 4.41. The summed E-state index contributed by atoms with van der Waals surface area (Å²) in [5.74, 6) is 0.102. The Kier molecular flexibility index (Phi) is 4.73. The summed E-state index contributed by atoms with van der Waals surface area (Å²) < 4.78 is 0. The van der Waals surface area contributed by atoms with Gasteiger partial charge in [0, 0.05) is 32.6 Å². The lowest BCUT2D eigenvalue weighted by Crippen LogP contribution is -2.42. The Labute approximate surface area is 96.6 Å². The van der Waals surface area contributed by atoms with Crippen molar-refractivity contribution >= 4 is 11.8 Å². The minimum absolute atomic E-state index is 0.0203. The Morgan fingerprint density at radius 2 is 2.25 bits per heavy atom. The molecular weight excluding hydrogens is 206 g/mol. The van der Waals surface area contributed by atoms with Crippen molar-refractivity contribution in [3.05, 3.63) is 0 Å². The fourth-order valence-electron chi connectivity index (χ4n) is 1.88. The Morgan fingerprint density at radius 3 is 2.81 bits per heavy atom. The van der Waals surface area contributed by atoms with Gasteiger partial charge in [-0.1, -0.05) is 13.8 Å². The standard InChI is InChI=1S/C11H21N3O2/c1-8(2)13-9-4-6-14(11(9)16)7-5-10(15)12-3/h8-9,13H,4-7H2,1-3H3,(H,12,15). The summed E-state index contributed by atoms with van der Waals surface area (Å²) in [5.41, 5.74) is 0. The summed E-state index contributed by atoms with van der Waals surface area (Å²) in [4.78, 5) is 24.7. The van der Waals surface area contributed by atoms with Crippen molar-refractivity contribution in [3.63, 3.8) is 0 Å². The third-order valence-corrected chi connectivity index (χ3v) is 2.72. The van der Waals surface area contributed by atoms with Crippen LogP contribution in [-0.2, 0) is 9.59 Å². The van der Waals surface area contributed by atoms with E-state index >= 15 is 0 Å². The molecular formula is C11H21N3O2. The van der Waals surface area contributed by atoms with Crippen LogP contribution in [0.15, 0.2) is 0 Å². The van der Waals surface area contributed by atoms with E-state index < -0.39 is 0 Å². The van der Waals surface area contributed by atoms with Gasteiger partial charge in [-0.2, -0.15) is 0 Å². The Balaban J connectivity index is 2.36. The molecule has 16 heavy (non-hydrogen) atoms. The molecule has 1 aliphatic rings. The molecule has 2 N–H and O–H groups in total. The van der Waals surface area contributed by atoms with Gasteiger partial charge >= 0.3 is 0 Å². The monoisotopic (exact) mass is 227 g/mol. The summed E-state index contributed by atoms with van der Waals surface area (Å²) in [6.45, 7) is 5.33. The van der Waals surface area contributed by atoms with Crippen LogP contribution in [0.3, 0.4) is 0 Å². The maximum atomic E-state index is 11.9. The van der Waals surface area contributed by atoms with Gasteiger partial charge in [-0.3, -0.25) is 9.59 Å². The van der Waals surface area contributed by atoms with E-state index in [9.17, 15) is 9.59 Å². The topological polar surface area (TPSA) is 61.4 Å². The number of likely N-dealkylation sites (tertiary alicyclic amines) is 1. The lowest BCUT2D eigenvalue weighted by Gasteiger charge is -2.17. The van der Waals surface area contributed by atoms with E-state index in [1.807, 2.05) is 13.8 Å². The van der Waals surface area contributed by atoms with Gasteiger partial charge in [0.05, 0.1) is 6.04 Å². The quantitative estimate of drug-likeness (QED) is 0.679. The smallest absolute Gasteiger partial charge is 0.239 e. The van der Waals surface area contributed by atoms with E-state index in [-0.39, 0.29) is 17.9 Å². The van der Waals surface area contributed by atoms with Gasteiger partial charge in [-0.25, -0.2) is 0 Å². The predicted octanol–water partition coefficient (Wildman–Crippen LogP) is -0.279. The van der Waals surface area contributed by atoms with Crippen molar-refractivity contribution in [1.82, 2.24) is 15.5 Å². The average Bonchev–Trinajstić information content (AvgIpc) is 2.56. The van der Waals surface area contributed by atoms with Crippen LogP contribution in [0, 0.1) is 0 Å². The van der Waals surface area contributed by atoms with Gasteiger partial charge in [0.2, 0.25) is 11.8 Å². The lowest BCUT2D eigenvalue weighted by atomic mass is 10.2. The molecule has 5 heteroatoms. The van der Waals surface area contributed by atoms with Gasteiger partial charge in [-0.15, -0.1) is 0 Å². The van der Waals surface area contributed by atoms with E-state index in [1.165, 1.54) is 0 Å². The van der Waals surface area contributed by atoms with Crippen LogP contribution in [0.25, 0.3) is 0 Å². The molecule has 0 aliphatic carbocycles. The predicted molar refractivity (Wildman–Crippen MR) is 61.9 cm³/mol. The van der Waals surface area contributed by atoms with Gasteiger partial charge in [0.1, 0.15) is 0 Å². The SMILES string of the molecule is CNC(=O)CCN1CCC(NC(C)C)C1=O. The molecule has 5 nitrogen and oxygen atoms in total. The summed E-state index contributed by atoms with van der Waals surface area (Å²) in [7, 11) is 1.61. The van der Waals surface area contributed by atoms with Gasteiger partial charge in [0.25, 0.3) is 0 Å². The van der Waals surface area contributed by atoms with Crippen molar-refractivity contribution in [1.29, 1.82) is 0 Å².